The number of alkyl halides is 1. The molecular formula is C12H20BrN3O. The van der Waals surface area contributed by atoms with Crippen LogP contribution in [0.25, 0.3) is 0 Å². The van der Waals surface area contributed by atoms with Crippen LogP contribution >= 0.6 is 15.9 Å². The van der Waals surface area contributed by atoms with Gasteiger partial charge in [-0.2, -0.15) is 5.10 Å². The van der Waals surface area contributed by atoms with E-state index in [1.165, 1.54) is 0 Å². The molecule has 0 fully saturated rings. The molecule has 1 atom stereocenters. The van der Waals surface area contributed by atoms with Crippen LogP contribution in [0.1, 0.15) is 36.5 Å². The van der Waals surface area contributed by atoms with Gasteiger partial charge in [0, 0.05) is 25.0 Å². The van der Waals surface area contributed by atoms with Gasteiger partial charge in [0.2, 0.25) is 0 Å². The second-order valence-corrected chi connectivity index (χ2v) is 5.85. The third kappa shape index (κ3) is 3.84. The molecule has 0 aliphatic heterocycles. The van der Waals surface area contributed by atoms with Crippen molar-refractivity contribution in [3.8, 4) is 0 Å². The van der Waals surface area contributed by atoms with E-state index in [1.807, 2.05) is 27.0 Å². The van der Waals surface area contributed by atoms with Gasteiger partial charge < -0.3 is 4.90 Å². The standard InChI is InChI=1S/C12H20BrN3O/c1-5-16-11(8-10(3)14-16)12(17)15(4)7-6-9(2)13/h8-9H,5-7H2,1-4H3. The number of aryl methyl sites for hydroxylation is 2. The number of nitrogens with zero attached hydrogens (tertiary/aromatic N) is 3. The van der Waals surface area contributed by atoms with Gasteiger partial charge in [-0.3, -0.25) is 9.48 Å². The van der Waals surface area contributed by atoms with Crippen LogP contribution in [0.5, 0.6) is 0 Å². The Hall–Kier alpha value is -0.840. The van der Waals surface area contributed by atoms with Gasteiger partial charge >= 0.3 is 0 Å². The Morgan fingerprint density at radius 3 is 2.82 bits per heavy atom. The lowest BCUT2D eigenvalue weighted by atomic mass is 10.3. The molecule has 1 rings (SSSR count). The van der Waals surface area contributed by atoms with E-state index >= 15 is 0 Å². The predicted octanol–water partition coefficient (Wildman–Crippen LogP) is 2.46. The minimum Gasteiger partial charge on any atom is -0.340 e. The van der Waals surface area contributed by atoms with Crippen molar-refractivity contribution < 1.29 is 4.79 Å². The van der Waals surface area contributed by atoms with Crippen molar-refractivity contribution >= 4 is 21.8 Å². The zero-order valence-electron chi connectivity index (χ0n) is 10.9. The molecule has 17 heavy (non-hydrogen) atoms. The van der Waals surface area contributed by atoms with Crippen molar-refractivity contribution in [1.29, 1.82) is 0 Å². The summed E-state index contributed by atoms with van der Waals surface area (Å²) < 4.78 is 1.76. The summed E-state index contributed by atoms with van der Waals surface area (Å²) in [5.74, 6) is 0.0422. The van der Waals surface area contributed by atoms with Crippen LogP contribution in [0.15, 0.2) is 6.07 Å². The summed E-state index contributed by atoms with van der Waals surface area (Å²) in [7, 11) is 1.83. The van der Waals surface area contributed by atoms with E-state index in [0.717, 1.165) is 25.2 Å². The lowest BCUT2D eigenvalue weighted by molar-refractivity contribution is 0.0782. The van der Waals surface area contributed by atoms with Crippen molar-refractivity contribution in [3.63, 3.8) is 0 Å². The molecule has 1 aromatic rings. The van der Waals surface area contributed by atoms with E-state index in [1.54, 1.807) is 9.58 Å². The Bertz CT molecular complexity index is 387. The van der Waals surface area contributed by atoms with Crippen LogP contribution in [0.4, 0.5) is 0 Å². The van der Waals surface area contributed by atoms with E-state index in [9.17, 15) is 4.79 Å². The van der Waals surface area contributed by atoms with Crippen LogP contribution in [-0.4, -0.2) is 39.0 Å². The molecule has 1 unspecified atom stereocenters. The molecule has 96 valence electrons. The molecule has 1 aromatic heterocycles. The van der Waals surface area contributed by atoms with Crippen molar-refractivity contribution in [2.75, 3.05) is 13.6 Å². The van der Waals surface area contributed by atoms with Gasteiger partial charge in [-0.05, 0) is 26.3 Å². The quantitative estimate of drug-likeness (QED) is 0.784. The van der Waals surface area contributed by atoms with Gasteiger partial charge in [0.15, 0.2) is 0 Å². The smallest absolute Gasteiger partial charge is 0.271 e. The molecular weight excluding hydrogens is 282 g/mol. The third-order valence-electron chi connectivity index (χ3n) is 2.63. The fourth-order valence-corrected chi connectivity index (χ4v) is 1.83. The summed E-state index contributed by atoms with van der Waals surface area (Å²) in [5.41, 5.74) is 1.56. The second-order valence-electron chi connectivity index (χ2n) is 4.28. The molecule has 1 heterocycles. The summed E-state index contributed by atoms with van der Waals surface area (Å²) in [6.45, 7) is 7.45. The highest BCUT2D eigenvalue weighted by molar-refractivity contribution is 9.09. The van der Waals surface area contributed by atoms with Crippen molar-refractivity contribution in [3.05, 3.63) is 17.5 Å². The largest absolute Gasteiger partial charge is 0.340 e. The number of carbonyl (C=O) groups is 1. The molecule has 0 aliphatic carbocycles. The topological polar surface area (TPSA) is 38.1 Å². The molecule has 0 saturated carbocycles. The van der Waals surface area contributed by atoms with E-state index < -0.39 is 0 Å². The first-order chi connectivity index (χ1) is 7.95. The molecule has 0 aliphatic rings. The van der Waals surface area contributed by atoms with Crippen LogP contribution in [0.2, 0.25) is 0 Å². The first-order valence-corrected chi connectivity index (χ1v) is 6.81. The Labute approximate surface area is 111 Å². The molecule has 0 N–H and O–H groups in total. The molecule has 1 amide bonds. The first-order valence-electron chi connectivity index (χ1n) is 5.89. The maximum atomic E-state index is 12.2. The minimum absolute atomic E-state index is 0.0422. The molecule has 4 nitrogen and oxygen atoms in total. The molecule has 5 heteroatoms. The third-order valence-corrected chi connectivity index (χ3v) is 3.09. The van der Waals surface area contributed by atoms with Crippen LogP contribution in [0, 0.1) is 6.92 Å². The van der Waals surface area contributed by atoms with Gasteiger partial charge in [0.1, 0.15) is 5.69 Å². The second kappa shape index (κ2) is 6.19. The number of halogens is 1. The maximum Gasteiger partial charge on any atom is 0.271 e. The van der Waals surface area contributed by atoms with Gasteiger partial charge in [0.05, 0.1) is 5.69 Å². The Morgan fingerprint density at radius 2 is 2.29 bits per heavy atom. The normalized spacial score (nSPS) is 12.5. The van der Waals surface area contributed by atoms with Crippen molar-refractivity contribution in [1.82, 2.24) is 14.7 Å². The van der Waals surface area contributed by atoms with Gasteiger partial charge in [0.25, 0.3) is 5.91 Å². The number of rotatable bonds is 5. The first kappa shape index (κ1) is 14.2. The van der Waals surface area contributed by atoms with Gasteiger partial charge in [-0.1, -0.05) is 22.9 Å². The molecule has 0 saturated heterocycles. The Morgan fingerprint density at radius 1 is 1.65 bits per heavy atom. The summed E-state index contributed by atoms with van der Waals surface area (Å²) in [5, 5.41) is 4.29. The fourth-order valence-electron chi connectivity index (χ4n) is 1.63. The summed E-state index contributed by atoms with van der Waals surface area (Å²) in [6, 6.07) is 1.85. The Kier molecular flexibility index (Phi) is 5.18. The van der Waals surface area contributed by atoms with E-state index in [-0.39, 0.29) is 5.91 Å². The number of hydrogen-bond donors (Lipinski definition) is 0. The van der Waals surface area contributed by atoms with Crippen LogP contribution < -0.4 is 0 Å². The Balaban J connectivity index is 2.74. The van der Waals surface area contributed by atoms with E-state index in [0.29, 0.717) is 10.5 Å². The van der Waals surface area contributed by atoms with Crippen LogP contribution in [-0.2, 0) is 6.54 Å². The highest BCUT2D eigenvalue weighted by Crippen LogP contribution is 2.09. The molecule has 0 aromatic carbocycles. The highest BCUT2D eigenvalue weighted by atomic mass is 79.9. The van der Waals surface area contributed by atoms with E-state index in [4.69, 9.17) is 0 Å². The number of amides is 1. The van der Waals surface area contributed by atoms with Crippen LogP contribution in [0.3, 0.4) is 0 Å². The zero-order valence-corrected chi connectivity index (χ0v) is 12.5. The number of hydrogen-bond acceptors (Lipinski definition) is 2. The lowest BCUT2D eigenvalue weighted by Crippen LogP contribution is -2.30. The monoisotopic (exact) mass is 301 g/mol. The lowest BCUT2D eigenvalue weighted by Gasteiger charge is -2.18. The van der Waals surface area contributed by atoms with Crippen molar-refractivity contribution in [2.24, 2.45) is 0 Å². The average molecular weight is 302 g/mol. The number of aromatic nitrogens is 2. The number of carbonyl (C=O) groups excluding carboxylic acids is 1. The molecule has 0 radical (unpaired) electrons. The molecule has 0 spiro atoms. The van der Waals surface area contributed by atoms with Gasteiger partial charge in [-0.25, -0.2) is 0 Å². The van der Waals surface area contributed by atoms with Gasteiger partial charge in [-0.15, -0.1) is 0 Å². The average Bonchev–Trinajstić information content (AvgIpc) is 2.66. The summed E-state index contributed by atoms with van der Waals surface area (Å²) in [4.78, 5) is 14.4. The summed E-state index contributed by atoms with van der Waals surface area (Å²) >= 11 is 3.48. The fraction of sp³-hybridized carbons (Fsp3) is 0.667. The van der Waals surface area contributed by atoms with Crippen molar-refractivity contribution in [2.45, 2.75) is 38.6 Å². The minimum atomic E-state index is 0.0422. The SMILES string of the molecule is CCn1nc(C)cc1C(=O)N(C)CCC(C)Br. The highest BCUT2D eigenvalue weighted by Gasteiger charge is 2.17. The predicted molar refractivity (Wildman–Crippen MR) is 72.6 cm³/mol. The maximum absolute atomic E-state index is 12.2. The zero-order chi connectivity index (χ0) is 13.0. The molecule has 0 bridgehead atoms. The summed E-state index contributed by atoms with van der Waals surface area (Å²) in [6.07, 6.45) is 0.946. The van der Waals surface area contributed by atoms with E-state index in [2.05, 4.69) is 28.0 Å².